The smallest absolute Gasteiger partial charge is 0.148 e. The van der Waals surface area contributed by atoms with Crippen LogP contribution < -0.4 is 10.1 Å². The van der Waals surface area contributed by atoms with Gasteiger partial charge in [0.2, 0.25) is 0 Å². The number of nitrogens with one attached hydrogen (secondary N) is 1. The normalized spacial score (nSPS) is 10.9. The molecule has 0 saturated heterocycles. The molecule has 0 bridgehead atoms. The van der Waals surface area contributed by atoms with Crippen molar-refractivity contribution in [1.82, 2.24) is 19.7 Å². The van der Waals surface area contributed by atoms with Crippen LogP contribution in [0.15, 0.2) is 55.0 Å². The predicted molar refractivity (Wildman–Crippen MR) is 104 cm³/mol. The summed E-state index contributed by atoms with van der Waals surface area (Å²) in [6, 6.07) is 11.9. The zero-order valence-corrected chi connectivity index (χ0v) is 15.5. The van der Waals surface area contributed by atoms with Gasteiger partial charge in [0.05, 0.1) is 12.7 Å². The van der Waals surface area contributed by atoms with Gasteiger partial charge >= 0.3 is 0 Å². The molecular formula is C20H25N5O. The minimum Gasteiger partial charge on any atom is -0.455 e. The molecule has 3 aromatic rings. The number of rotatable bonds is 8. The summed E-state index contributed by atoms with van der Waals surface area (Å²) < 4.78 is 7.83. The fourth-order valence-electron chi connectivity index (χ4n) is 2.55. The number of hydrogen-bond acceptors (Lipinski definition) is 5. The molecule has 0 aliphatic heterocycles. The topological polar surface area (TPSA) is 55.2 Å². The summed E-state index contributed by atoms with van der Waals surface area (Å²) in [6.07, 6.45) is 5.44. The lowest BCUT2D eigenvalue weighted by Gasteiger charge is -2.11. The number of pyridine rings is 1. The number of benzene rings is 1. The molecular weight excluding hydrogens is 326 g/mol. The van der Waals surface area contributed by atoms with Crippen molar-refractivity contribution in [1.29, 1.82) is 0 Å². The molecule has 0 unspecified atom stereocenters. The Hall–Kier alpha value is -2.86. The average Bonchev–Trinajstić information content (AvgIpc) is 3.09. The minimum absolute atomic E-state index is 0.721. The van der Waals surface area contributed by atoms with E-state index < -0.39 is 0 Å². The van der Waals surface area contributed by atoms with Crippen molar-refractivity contribution in [3.05, 3.63) is 66.1 Å². The van der Waals surface area contributed by atoms with E-state index >= 15 is 0 Å². The van der Waals surface area contributed by atoms with Gasteiger partial charge in [-0.05, 0) is 50.3 Å². The van der Waals surface area contributed by atoms with Gasteiger partial charge in [0, 0.05) is 31.5 Å². The summed E-state index contributed by atoms with van der Waals surface area (Å²) in [7, 11) is 4.12. The molecule has 0 spiro atoms. The quantitative estimate of drug-likeness (QED) is 0.672. The van der Waals surface area contributed by atoms with E-state index in [0.29, 0.717) is 0 Å². The highest BCUT2D eigenvalue weighted by atomic mass is 16.5. The van der Waals surface area contributed by atoms with Gasteiger partial charge in [0.25, 0.3) is 0 Å². The van der Waals surface area contributed by atoms with Crippen LogP contribution in [0.25, 0.3) is 0 Å². The summed E-state index contributed by atoms with van der Waals surface area (Å²) in [4.78, 5) is 6.21. The number of hydrogen-bond donors (Lipinski definition) is 1. The summed E-state index contributed by atoms with van der Waals surface area (Å²) in [6.45, 7) is 4.62. The molecule has 0 aliphatic carbocycles. The minimum atomic E-state index is 0.721. The first-order valence-electron chi connectivity index (χ1n) is 8.69. The Kier molecular flexibility index (Phi) is 5.86. The van der Waals surface area contributed by atoms with Gasteiger partial charge in [0.1, 0.15) is 17.3 Å². The molecule has 0 amide bonds. The second-order valence-electron chi connectivity index (χ2n) is 6.51. The summed E-state index contributed by atoms with van der Waals surface area (Å²) in [5, 5.41) is 7.91. The summed E-state index contributed by atoms with van der Waals surface area (Å²) in [5.41, 5.74) is 2.27. The average molecular weight is 351 g/mol. The molecule has 0 radical (unpaired) electrons. The molecule has 3 rings (SSSR count). The zero-order valence-electron chi connectivity index (χ0n) is 15.5. The second kappa shape index (κ2) is 8.49. The van der Waals surface area contributed by atoms with Gasteiger partial charge in [0.15, 0.2) is 0 Å². The van der Waals surface area contributed by atoms with Crippen molar-refractivity contribution in [3.63, 3.8) is 0 Å². The third-order valence-electron chi connectivity index (χ3n) is 3.99. The van der Waals surface area contributed by atoms with Crippen LogP contribution in [0, 0.1) is 6.92 Å². The van der Waals surface area contributed by atoms with Crippen LogP contribution in [0.2, 0.25) is 0 Å². The van der Waals surface area contributed by atoms with Gasteiger partial charge in [-0.3, -0.25) is 9.67 Å². The zero-order chi connectivity index (χ0) is 18.4. The fraction of sp³-hybridized carbons (Fsp3) is 0.300. The van der Waals surface area contributed by atoms with Crippen LogP contribution in [0.4, 0.5) is 5.82 Å². The van der Waals surface area contributed by atoms with Crippen molar-refractivity contribution in [2.75, 3.05) is 26.0 Å². The van der Waals surface area contributed by atoms with Crippen LogP contribution in [0.1, 0.15) is 11.1 Å². The van der Waals surface area contributed by atoms with E-state index in [4.69, 9.17) is 4.74 Å². The van der Waals surface area contributed by atoms with E-state index in [-0.39, 0.29) is 0 Å². The van der Waals surface area contributed by atoms with Gasteiger partial charge in [-0.15, -0.1) is 0 Å². The van der Waals surface area contributed by atoms with Gasteiger partial charge in [-0.2, -0.15) is 5.10 Å². The Labute approximate surface area is 154 Å². The Morgan fingerprint density at radius 3 is 2.81 bits per heavy atom. The predicted octanol–water partition coefficient (Wildman–Crippen LogP) is 3.55. The molecule has 1 aromatic carbocycles. The third-order valence-corrected chi connectivity index (χ3v) is 3.99. The van der Waals surface area contributed by atoms with Crippen molar-refractivity contribution < 1.29 is 4.74 Å². The Morgan fingerprint density at radius 2 is 2.08 bits per heavy atom. The van der Waals surface area contributed by atoms with Crippen LogP contribution in [-0.4, -0.2) is 40.3 Å². The Bertz CT molecular complexity index is 829. The molecule has 0 aliphatic rings. The van der Waals surface area contributed by atoms with E-state index in [1.807, 2.05) is 42.1 Å². The molecule has 2 aromatic heterocycles. The molecule has 26 heavy (non-hydrogen) atoms. The number of aryl methyl sites for hydroxylation is 1. The van der Waals surface area contributed by atoms with Crippen molar-refractivity contribution in [2.24, 2.45) is 0 Å². The lowest BCUT2D eigenvalue weighted by molar-refractivity contribution is 0.373. The highest BCUT2D eigenvalue weighted by Crippen LogP contribution is 2.25. The van der Waals surface area contributed by atoms with Gasteiger partial charge in [-0.25, -0.2) is 0 Å². The number of likely N-dealkylation sites (N-methyl/N-ethyl adjacent to an activating group) is 1. The van der Waals surface area contributed by atoms with Crippen LogP contribution in [0.3, 0.4) is 0 Å². The summed E-state index contributed by atoms with van der Waals surface area (Å²) >= 11 is 0. The van der Waals surface area contributed by atoms with Crippen molar-refractivity contribution in [2.45, 2.75) is 20.0 Å². The maximum absolute atomic E-state index is 5.87. The molecule has 136 valence electrons. The SMILES string of the molecule is Cc1cc(CNc2ccn(CCN(C)C)n2)ccc1Oc1cccnc1. The lowest BCUT2D eigenvalue weighted by Crippen LogP contribution is -2.18. The van der Waals surface area contributed by atoms with Crippen molar-refractivity contribution >= 4 is 5.82 Å². The molecule has 1 N–H and O–H groups in total. The van der Waals surface area contributed by atoms with E-state index in [0.717, 1.165) is 42.5 Å². The lowest BCUT2D eigenvalue weighted by atomic mass is 10.1. The van der Waals surface area contributed by atoms with Crippen molar-refractivity contribution in [3.8, 4) is 11.5 Å². The van der Waals surface area contributed by atoms with Gasteiger partial charge < -0.3 is 15.0 Å². The number of aromatic nitrogens is 3. The highest BCUT2D eigenvalue weighted by Gasteiger charge is 2.04. The highest BCUT2D eigenvalue weighted by molar-refractivity contribution is 5.41. The monoisotopic (exact) mass is 351 g/mol. The largest absolute Gasteiger partial charge is 0.455 e. The number of ether oxygens (including phenoxy) is 1. The first-order valence-corrected chi connectivity index (χ1v) is 8.69. The first kappa shape index (κ1) is 17.9. The fourth-order valence-corrected chi connectivity index (χ4v) is 2.55. The van der Waals surface area contributed by atoms with Crippen LogP contribution in [-0.2, 0) is 13.1 Å². The standard InChI is InChI=1S/C20H25N5O/c1-16-13-17(6-7-19(16)26-18-5-4-9-21-15-18)14-22-20-8-10-25(23-20)12-11-24(2)3/h4-10,13,15H,11-12,14H2,1-3H3,(H,22,23). The number of anilines is 1. The molecule has 6 heteroatoms. The maximum atomic E-state index is 5.87. The molecule has 0 fully saturated rings. The molecule has 0 saturated carbocycles. The molecule has 6 nitrogen and oxygen atoms in total. The Morgan fingerprint density at radius 1 is 1.19 bits per heavy atom. The second-order valence-corrected chi connectivity index (χ2v) is 6.51. The Balaban J connectivity index is 1.56. The molecule has 2 heterocycles. The van der Waals surface area contributed by atoms with E-state index in [2.05, 4.69) is 46.5 Å². The third kappa shape index (κ3) is 5.07. The van der Waals surface area contributed by atoms with E-state index in [1.165, 1.54) is 5.56 Å². The van der Waals surface area contributed by atoms with E-state index in [9.17, 15) is 0 Å². The van der Waals surface area contributed by atoms with Crippen LogP contribution in [0.5, 0.6) is 11.5 Å². The van der Waals surface area contributed by atoms with E-state index in [1.54, 1.807) is 12.4 Å². The number of nitrogens with zero attached hydrogens (tertiary/aromatic N) is 4. The van der Waals surface area contributed by atoms with Gasteiger partial charge in [-0.1, -0.05) is 12.1 Å². The summed E-state index contributed by atoms with van der Waals surface area (Å²) in [5.74, 6) is 2.47. The first-order chi connectivity index (χ1) is 12.6. The van der Waals surface area contributed by atoms with Crippen LogP contribution >= 0.6 is 0 Å². The maximum Gasteiger partial charge on any atom is 0.148 e. The molecule has 0 atom stereocenters.